The molecule has 30 heavy (non-hydrogen) atoms. The Kier molecular flexibility index (Phi) is 5.32. The number of hydrogen-bond donors (Lipinski definition) is 2. The molecule has 0 unspecified atom stereocenters. The van der Waals surface area contributed by atoms with Crippen LogP contribution in [-0.2, 0) is 10.0 Å². The highest BCUT2D eigenvalue weighted by Crippen LogP contribution is 2.30. The van der Waals surface area contributed by atoms with Crippen LogP contribution >= 0.6 is 11.3 Å². The molecule has 0 bridgehead atoms. The Balaban J connectivity index is 1.64. The van der Waals surface area contributed by atoms with Gasteiger partial charge in [-0.15, -0.1) is 11.3 Å². The van der Waals surface area contributed by atoms with Gasteiger partial charge in [0.05, 0.1) is 21.1 Å². The van der Waals surface area contributed by atoms with Gasteiger partial charge in [0.25, 0.3) is 15.9 Å². The van der Waals surface area contributed by atoms with Gasteiger partial charge in [0.1, 0.15) is 0 Å². The molecule has 5 nitrogen and oxygen atoms in total. The zero-order valence-corrected chi connectivity index (χ0v) is 18.1. The van der Waals surface area contributed by atoms with Gasteiger partial charge < -0.3 is 5.32 Å². The molecule has 0 aliphatic carbocycles. The summed E-state index contributed by atoms with van der Waals surface area (Å²) in [7, 11) is -3.82. The molecular formula is C23H20N2O3S2. The highest BCUT2D eigenvalue weighted by atomic mass is 32.2. The van der Waals surface area contributed by atoms with E-state index >= 15 is 0 Å². The van der Waals surface area contributed by atoms with E-state index in [1.165, 1.54) is 11.3 Å². The molecule has 0 saturated carbocycles. The molecular weight excluding hydrogens is 416 g/mol. The molecule has 4 aromatic rings. The first kappa shape index (κ1) is 20.1. The van der Waals surface area contributed by atoms with Gasteiger partial charge in [0.15, 0.2) is 0 Å². The molecule has 0 radical (unpaired) electrons. The fourth-order valence-corrected chi connectivity index (χ4v) is 5.12. The molecule has 7 heteroatoms. The van der Waals surface area contributed by atoms with E-state index < -0.39 is 10.0 Å². The lowest BCUT2D eigenvalue weighted by atomic mass is 10.1. The van der Waals surface area contributed by atoms with Gasteiger partial charge in [-0.3, -0.25) is 9.52 Å². The highest BCUT2D eigenvalue weighted by molar-refractivity contribution is 7.92. The van der Waals surface area contributed by atoms with Crippen molar-refractivity contribution >= 4 is 48.0 Å². The number of thiophene rings is 1. The molecule has 3 aromatic carbocycles. The number of aryl methyl sites for hydroxylation is 2. The van der Waals surface area contributed by atoms with Crippen LogP contribution in [0.15, 0.2) is 77.7 Å². The first-order chi connectivity index (χ1) is 14.3. The van der Waals surface area contributed by atoms with Crippen molar-refractivity contribution < 1.29 is 13.2 Å². The summed E-state index contributed by atoms with van der Waals surface area (Å²) in [6, 6.07) is 21.4. The first-order valence-corrected chi connectivity index (χ1v) is 11.6. The van der Waals surface area contributed by atoms with Crippen LogP contribution < -0.4 is 10.0 Å². The van der Waals surface area contributed by atoms with Gasteiger partial charge in [-0.25, -0.2) is 8.42 Å². The normalized spacial score (nSPS) is 11.4. The average Bonchev–Trinajstić information content (AvgIpc) is 3.11. The zero-order chi connectivity index (χ0) is 21.3. The summed E-state index contributed by atoms with van der Waals surface area (Å²) in [5.74, 6) is -0.369. The lowest BCUT2D eigenvalue weighted by Gasteiger charge is -2.13. The van der Waals surface area contributed by atoms with Crippen LogP contribution in [0.1, 0.15) is 21.5 Å². The Hall–Kier alpha value is -3.16. The minimum Gasteiger partial charge on any atom is -0.313 e. The third-order valence-corrected chi connectivity index (χ3v) is 7.07. The SMILES string of the molecule is Cc1ccc(S(=O)(=O)Nc2ccc(C)cc2C(=O)Nc2cc3ccccc3s2)cc1. The van der Waals surface area contributed by atoms with E-state index in [0.717, 1.165) is 21.2 Å². The Bertz CT molecular complexity index is 1310. The van der Waals surface area contributed by atoms with E-state index in [2.05, 4.69) is 10.0 Å². The molecule has 1 amide bonds. The van der Waals surface area contributed by atoms with Gasteiger partial charge >= 0.3 is 0 Å². The molecule has 1 heterocycles. The van der Waals surface area contributed by atoms with E-state index in [-0.39, 0.29) is 22.1 Å². The summed E-state index contributed by atoms with van der Waals surface area (Å²) in [6.45, 7) is 3.74. The van der Waals surface area contributed by atoms with Crippen LogP contribution in [0.3, 0.4) is 0 Å². The van der Waals surface area contributed by atoms with Crippen molar-refractivity contribution in [1.29, 1.82) is 0 Å². The first-order valence-electron chi connectivity index (χ1n) is 9.32. The molecule has 2 N–H and O–H groups in total. The molecule has 4 rings (SSSR count). The summed E-state index contributed by atoms with van der Waals surface area (Å²) < 4.78 is 29.2. The van der Waals surface area contributed by atoms with Crippen molar-refractivity contribution in [3.63, 3.8) is 0 Å². The fraction of sp³-hybridized carbons (Fsp3) is 0.0870. The third-order valence-electron chi connectivity index (χ3n) is 4.66. The molecule has 0 saturated heterocycles. The monoisotopic (exact) mass is 436 g/mol. The second kappa shape index (κ2) is 7.93. The van der Waals surface area contributed by atoms with E-state index in [1.54, 1.807) is 42.5 Å². The van der Waals surface area contributed by atoms with Crippen molar-refractivity contribution in [1.82, 2.24) is 0 Å². The highest BCUT2D eigenvalue weighted by Gasteiger charge is 2.19. The maximum Gasteiger partial charge on any atom is 0.261 e. The van der Waals surface area contributed by atoms with Crippen LogP contribution in [0, 0.1) is 13.8 Å². The summed E-state index contributed by atoms with van der Waals surface area (Å²) in [4.78, 5) is 13.1. The predicted molar refractivity (Wildman–Crippen MR) is 123 cm³/mol. The molecule has 1 aromatic heterocycles. The molecule has 0 fully saturated rings. The van der Waals surface area contributed by atoms with Crippen LogP contribution in [0.4, 0.5) is 10.7 Å². The topological polar surface area (TPSA) is 75.3 Å². The van der Waals surface area contributed by atoms with Crippen LogP contribution in [-0.4, -0.2) is 14.3 Å². The summed E-state index contributed by atoms with van der Waals surface area (Å²) in [5, 5.41) is 4.64. The molecule has 0 spiro atoms. The van der Waals surface area contributed by atoms with E-state index in [0.29, 0.717) is 5.00 Å². The zero-order valence-electron chi connectivity index (χ0n) is 16.5. The second-order valence-corrected chi connectivity index (χ2v) is 9.84. The molecule has 0 aliphatic heterocycles. The lowest BCUT2D eigenvalue weighted by molar-refractivity contribution is 0.102. The Morgan fingerprint density at radius 2 is 1.57 bits per heavy atom. The summed E-state index contributed by atoms with van der Waals surface area (Å²) in [5.41, 5.74) is 2.32. The maximum atomic E-state index is 13.0. The van der Waals surface area contributed by atoms with Crippen LogP contribution in [0.2, 0.25) is 0 Å². The Morgan fingerprint density at radius 3 is 2.30 bits per heavy atom. The number of carbonyl (C=O) groups is 1. The number of rotatable bonds is 5. The van der Waals surface area contributed by atoms with Crippen molar-refractivity contribution in [2.75, 3.05) is 10.0 Å². The summed E-state index contributed by atoms with van der Waals surface area (Å²) in [6.07, 6.45) is 0. The van der Waals surface area contributed by atoms with Crippen LogP contribution in [0.5, 0.6) is 0 Å². The van der Waals surface area contributed by atoms with Gasteiger partial charge in [-0.1, -0.05) is 47.5 Å². The number of nitrogens with one attached hydrogen (secondary N) is 2. The maximum absolute atomic E-state index is 13.0. The van der Waals surface area contributed by atoms with E-state index in [9.17, 15) is 13.2 Å². The number of hydrogen-bond acceptors (Lipinski definition) is 4. The van der Waals surface area contributed by atoms with Gasteiger partial charge in [0, 0.05) is 4.70 Å². The Morgan fingerprint density at radius 1 is 0.867 bits per heavy atom. The third kappa shape index (κ3) is 4.22. The minimum atomic E-state index is -3.82. The molecule has 0 atom stereocenters. The number of sulfonamides is 1. The number of fused-ring (bicyclic) bond motifs is 1. The van der Waals surface area contributed by atoms with Crippen molar-refractivity contribution in [2.45, 2.75) is 18.7 Å². The minimum absolute atomic E-state index is 0.143. The van der Waals surface area contributed by atoms with Gasteiger partial charge in [-0.2, -0.15) is 0 Å². The number of amides is 1. The van der Waals surface area contributed by atoms with Crippen LogP contribution in [0.25, 0.3) is 10.1 Å². The largest absolute Gasteiger partial charge is 0.313 e. The van der Waals surface area contributed by atoms with Crippen molar-refractivity contribution in [2.24, 2.45) is 0 Å². The lowest BCUT2D eigenvalue weighted by Crippen LogP contribution is -2.18. The Labute approximate surface area is 179 Å². The van der Waals surface area contributed by atoms with E-state index in [1.807, 2.05) is 44.2 Å². The smallest absolute Gasteiger partial charge is 0.261 e. The van der Waals surface area contributed by atoms with Gasteiger partial charge in [-0.05, 0) is 55.6 Å². The number of carbonyl (C=O) groups excluding carboxylic acids is 1. The molecule has 152 valence electrons. The number of benzene rings is 3. The van der Waals surface area contributed by atoms with Crippen molar-refractivity contribution in [3.8, 4) is 0 Å². The summed E-state index contributed by atoms with van der Waals surface area (Å²) >= 11 is 1.47. The van der Waals surface area contributed by atoms with E-state index in [4.69, 9.17) is 0 Å². The quantitative estimate of drug-likeness (QED) is 0.429. The standard InChI is InChI=1S/C23H20N2O3S2/c1-15-7-10-18(11-8-15)30(27,28)25-20-12-9-16(2)13-19(20)23(26)24-22-14-17-5-3-4-6-21(17)29-22/h3-14,25H,1-2H3,(H,24,26). The van der Waals surface area contributed by atoms with Gasteiger partial charge in [0.2, 0.25) is 0 Å². The fourth-order valence-electron chi connectivity index (χ4n) is 3.08. The average molecular weight is 437 g/mol. The second-order valence-electron chi connectivity index (χ2n) is 7.07. The number of anilines is 2. The molecule has 0 aliphatic rings. The van der Waals surface area contributed by atoms with Crippen molar-refractivity contribution in [3.05, 3.63) is 89.5 Å². The predicted octanol–water partition coefficient (Wildman–Crippen LogP) is 5.57.